The van der Waals surface area contributed by atoms with Gasteiger partial charge in [0.15, 0.2) is 0 Å². The van der Waals surface area contributed by atoms with Gasteiger partial charge in [0.2, 0.25) is 5.91 Å². The molecule has 1 saturated heterocycles. The van der Waals surface area contributed by atoms with Gasteiger partial charge in [-0.15, -0.1) is 12.3 Å². The van der Waals surface area contributed by atoms with Crippen molar-refractivity contribution in [3.63, 3.8) is 0 Å². The molecular formula is C12H17N3O4. The van der Waals surface area contributed by atoms with E-state index in [0.717, 1.165) is 11.3 Å². The number of carbonyl (C=O) groups is 3. The van der Waals surface area contributed by atoms with Crippen LogP contribution in [0, 0.1) is 12.3 Å². The van der Waals surface area contributed by atoms with Gasteiger partial charge in [0.25, 0.3) is 0 Å². The van der Waals surface area contributed by atoms with Crippen molar-refractivity contribution in [2.75, 3.05) is 19.6 Å². The zero-order valence-electron chi connectivity index (χ0n) is 10.5. The van der Waals surface area contributed by atoms with Crippen LogP contribution in [0.3, 0.4) is 0 Å². The number of aliphatic carboxylic acids is 1. The molecule has 0 spiro atoms. The molecule has 1 aliphatic heterocycles. The fourth-order valence-corrected chi connectivity index (χ4v) is 1.72. The van der Waals surface area contributed by atoms with Crippen LogP contribution in [0.1, 0.15) is 19.3 Å². The normalized spacial score (nSPS) is 18.4. The van der Waals surface area contributed by atoms with Gasteiger partial charge in [-0.05, 0) is 12.8 Å². The van der Waals surface area contributed by atoms with Crippen molar-refractivity contribution in [1.82, 2.24) is 15.5 Å². The van der Waals surface area contributed by atoms with E-state index in [9.17, 15) is 14.4 Å². The third-order valence-corrected chi connectivity index (χ3v) is 2.75. The Morgan fingerprint density at radius 3 is 2.89 bits per heavy atom. The number of hydrogen-bond acceptors (Lipinski definition) is 3. The van der Waals surface area contributed by atoms with Crippen LogP contribution < -0.4 is 10.6 Å². The summed E-state index contributed by atoms with van der Waals surface area (Å²) in [7, 11) is 0. The second kappa shape index (κ2) is 7.26. The quantitative estimate of drug-likeness (QED) is 0.457. The second-order valence-electron chi connectivity index (χ2n) is 4.18. The Hall–Kier alpha value is -2.23. The zero-order valence-corrected chi connectivity index (χ0v) is 10.5. The molecule has 19 heavy (non-hydrogen) atoms. The maximum atomic E-state index is 11.8. The summed E-state index contributed by atoms with van der Waals surface area (Å²) in [6.07, 6.45) is 7.24. The number of nitrogens with zero attached hydrogens (tertiary/aromatic N) is 1. The van der Waals surface area contributed by atoms with E-state index in [1.165, 1.54) is 0 Å². The highest BCUT2D eigenvalue weighted by Crippen LogP contribution is 2.05. The largest absolute Gasteiger partial charge is 0.480 e. The first kappa shape index (κ1) is 14.8. The van der Waals surface area contributed by atoms with Crippen molar-refractivity contribution in [3.8, 4) is 12.3 Å². The topological polar surface area (TPSA) is 98.7 Å². The summed E-state index contributed by atoms with van der Waals surface area (Å²) in [4.78, 5) is 35.1. The third kappa shape index (κ3) is 4.50. The molecule has 7 nitrogen and oxygen atoms in total. The van der Waals surface area contributed by atoms with E-state index in [-0.39, 0.29) is 19.0 Å². The number of hydrogen-bond donors (Lipinski definition) is 3. The monoisotopic (exact) mass is 267 g/mol. The Kier molecular flexibility index (Phi) is 5.67. The third-order valence-electron chi connectivity index (χ3n) is 2.75. The number of amides is 3. The lowest BCUT2D eigenvalue weighted by molar-refractivity contribution is -0.144. The Bertz CT molecular complexity index is 402. The number of nitrogens with one attached hydrogen (secondary N) is 2. The summed E-state index contributed by atoms with van der Waals surface area (Å²) in [6, 6.07) is -1.56. The predicted molar refractivity (Wildman–Crippen MR) is 67.2 cm³/mol. The van der Waals surface area contributed by atoms with E-state index in [1.54, 1.807) is 0 Å². The van der Waals surface area contributed by atoms with E-state index >= 15 is 0 Å². The van der Waals surface area contributed by atoms with E-state index in [0.29, 0.717) is 19.4 Å². The molecule has 0 aromatic rings. The highest BCUT2D eigenvalue weighted by molar-refractivity contribution is 5.90. The van der Waals surface area contributed by atoms with Gasteiger partial charge in [0, 0.05) is 19.5 Å². The van der Waals surface area contributed by atoms with Gasteiger partial charge in [0.05, 0.1) is 0 Å². The second-order valence-corrected chi connectivity index (χ2v) is 4.18. The molecule has 3 amide bonds. The van der Waals surface area contributed by atoms with E-state index in [1.807, 2.05) is 0 Å². The molecule has 1 heterocycles. The highest BCUT2D eigenvalue weighted by atomic mass is 16.4. The fraction of sp³-hybridized carbons (Fsp3) is 0.583. The van der Waals surface area contributed by atoms with Gasteiger partial charge in [-0.3, -0.25) is 9.69 Å². The number of unbranched alkanes of at least 4 members (excludes halogenated alkanes) is 2. The van der Waals surface area contributed by atoms with Crippen molar-refractivity contribution in [1.29, 1.82) is 0 Å². The first-order valence-electron chi connectivity index (χ1n) is 6.03. The van der Waals surface area contributed by atoms with Crippen LogP contribution in [0.25, 0.3) is 0 Å². The molecule has 3 N–H and O–H groups in total. The summed E-state index contributed by atoms with van der Waals surface area (Å²) >= 11 is 0. The molecule has 1 unspecified atom stereocenters. The lowest BCUT2D eigenvalue weighted by atomic mass is 10.2. The summed E-state index contributed by atoms with van der Waals surface area (Å²) in [5.74, 6) is 0.996. The van der Waals surface area contributed by atoms with E-state index < -0.39 is 18.0 Å². The Morgan fingerprint density at radius 2 is 2.26 bits per heavy atom. The van der Waals surface area contributed by atoms with Gasteiger partial charge in [-0.1, -0.05) is 0 Å². The molecule has 0 aromatic carbocycles. The minimum atomic E-state index is -1.14. The number of rotatable bonds is 5. The lowest BCUT2D eigenvalue weighted by Crippen LogP contribution is -2.61. The zero-order chi connectivity index (χ0) is 14.3. The Labute approximate surface area is 111 Å². The molecule has 7 heteroatoms. The molecule has 1 rings (SSSR count). The van der Waals surface area contributed by atoms with Crippen LogP contribution in [0.5, 0.6) is 0 Å². The van der Waals surface area contributed by atoms with Gasteiger partial charge >= 0.3 is 12.0 Å². The molecule has 0 aromatic heterocycles. The Morgan fingerprint density at radius 1 is 1.53 bits per heavy atom. The minimum absolute atomic E-state index is 0.0708. The Balaban J connectivity index is 2.45. The van der Waals surface area contributed by atoms with Crippen molar-refractivity contribution < 1.29 is 19.5 Å². The van der Waals surface area contributed by atoms with Crippen LogP contribution in [0.2, 0.25) is 0 Å². The summed E-state index contributed by atoms with van der Waals surface area (Å²) in [5, 5.41) is 14.0. The van der Waals surface area contributed by atoms with Crippen LogP contribution in [0.15, 0.2) is 0 Å². The first-order valence-corrected chi connectivity index (χ1v) is 6.03. The van der Waals surface area contributed by atoms with E-state index in [4.69, 9.17) is 11.5 Å². The van der Waals surface area contributed by atoms with Gasteiger partial charge in [0.1, 0.15) is 12.6 Å². The average molecular weight is 267 g/mol. The number of terminal acetylenes is 1. The number of urea groups is 1. The molecule has 0 aliphatic carbocycles. The van der Waals surface area contributed by atoms with Gasteiger partial charge in [-0.25, -0.2) is 9.59 Å². The fourth-order valence-electron chi connectivity index (χ4n) is 1.72. The molecular weight excluding hydrogens is 250 g/mol. The van der Waals surface area contributed by atoms with Crippen LogP contribution in [0.4, 0.5) is 4.79 Å². The van der Waals surface area contributed by atoms with Gasteiger partial charge in [-0.2, -0.15) is 0 Å². The average Bonchev–Trinajstić information content (AvgIpc) is 2.37. The minimum Gasteiger partial charge on any atom is -0.480 e. The first-order chi connectivity index (χ1) is 9.06. The van der Waals surface area contributed by atoms with Crippen LogP contribution in [-0.4, -0.2) is 53.6 Å². The van der Waals surface area contributed by atoms with Crippen molar-refractivity contribution in [2.24, 2.45) is 0 Å². The molecule has 1 atom stereocenters. The SMILES string of the molecule is C#CCCCCNC(=O)N1CC(=O)NCC1C(=O)O. The molecule has 0 bridgehead atoms. The molecule has 0 saturated carbocycles. The molecule has 104 valence electrons. The molecule has 0 radical (unpaired) electrons. The highest BCUT2D eigenvalue weighted by Gasteiger charge is 2.34. The van der Waals surface area contributed by atoms with Gasteiger partial charge < -0.3 is 15.7 Å². The van der Waals surface area contributed by atoms with E-state index in [2.05, 4.69) is 16.6 Å². The summed E-state index contributed by atoms with van der Waals surface area (Å²) in [6.45, 7) is 0.0941. The van der Waals surface area contributed by atoms with Crippen molar-refractivity contribution in [3.05, 3.63) is 0 Å². The maximum absolute atomic E-state index is 11.8. The summed E-state index contributed by atoms with van der Waals surface area (Å²) in [5.41, 5.74) is 0. The van der Waals surface area contributed by atoms with Crippen LogP contribution >= 0.6 is 0 Å². The maximum Gasteiger partial charge on any atom is 0.328 e. The smallest absolute Gasteiger partial charge is 0.328 e. The summed E-state index contributed by atoms with van der Waals surface area (Å²) < 4.78 is 0. The molecule has 1 aliphatic rings. The standard InChI is InChI=1S/C12H17N3O4/c1-2-3-4-5-6-13-12(19)15-8-10(16)14-7-9(15)11(17)18/h1,9H,3-8H2,(H,13,19)(H,14,16)(H,17,18). The lowest BCUT2D eigenvalue weighted by Gasteiger charge is -2.32. The molecule has 1 fully saturated rings. The number of carboxylic acid groups (broad SMARTS) is 1. The number of piperazine rings is 1. The predicted octanol–water partition coefficient (Wildman–Crippen LogP) is -0.615. The van der Waals surface area contributed by atoms with Crippen molar-refractivity contribution in [2.45, 2.75) is 25.3 Å². The van der Waals surface area contributed by atoms with Crippen LogP contribution in [-0.2, 0) is 9.59 Å². The number of carboxylic acids is 1. The number of carbonyl (C=O) groups excluding carboxylic acids is 2. The van der Waals surface area contributed by atoms with Crippen molar-refractivity contribution >= 4 is 17.9 Å².